The third kappa shape index (κ3) is 10.5. The van der Waals surface area contributed by atoms with Gasteiger partial charge in [-0.2, -0.15) is 8.78 Å². The van der Waals surface area contributed by atoms with Gasteiger partial charge in [0.25, 0.3) is 0 Å². The fraction of sp³-hybridized carbons (Fsp3) is 0.815. The summed E-state index contributed by atoms with van der Waals surface area (Å²) in [5.41, 5.74) is 0.629. The Balaban J connectivity index is 2.01. The molecule has 2 rings (SSSR count). The molecule has 1 saturated carbocycles. The van der Waals surface area contributed by atoms with E-state index in [9.17, 15) is 23.2 Å². The number of carboxylic acid groups (broad SMARTS) is 1. The number of allylic oxidation sites excluding steroid dienone is 1. The number of aliphatic carboxylic acids is 1. The smallest absolute Gasteiger partial charge is 0.305 e. The fourth-order valence-electron chi connectivity index (χ4n) is 4.83. The van der Waals surface area contributed by atoms with Gasteiger partial charge in [0.2, 0.25) is 5.78 Å². The van der Waals surface area contributed by atoms with Crippen molar-refractivity contribution in [3.63, 3.8) is 0 Å². The number of carboxylic acids is 1. The van der Waals surface area contributed by atoms with Crippen molar-refractivity contribution in [3.05, 3.63) is 11.6 Å². The number of alkyl halides is 2. The average molecular weight is 501 g/mol. The molecule has 2 fully saturated rings. The van der Waals surface area contributed by atoms with Crippen molar-refractivity contribution < 1.29 is 37.7 Å². The molecule has 35 heavy (non-hydrogen) atoms. The van der Waals surface area contributed by atoms with E-state index in [1.807, 2.05) is 6.92 Å². The third-order valence-electron chi connectivity index (χ3n) is 6.91. The van der Waals surface area contributed by atoms with Gasteiger partial charge in [-0.15, -0.1) is 0 Å². The Bertz CT molecular complexity index is 714. The summed E-state index contributed by atoms with van der Waals surface area (Å²) in [5.74, 6) is -5.75. The van der Waals surface area contributed by atoms with Gasteiger partial charge in [-0.3, -0.25) is 14.4 Å². The maximum atomic E-state index is 14.4. The molecule has 1 aliphatic carbocycles. The fourth-order valence-corrected chi connectivity index (χ4v) is 4.83. The summed E-state index contributed by atoms with van der Waals surface area (Å²) in [6.45, 7) is 2.59. The molecule has 0 amide bonds. The van der Waals surface area contributed by atoms with Crippen LogP contribution in [0.4, 0.5) is 8.78 Å². The van der Waals surface area contributed by atoms with Crippen LogP contribution in [-0.2, 0) is 23.9 Å². The molecule has 1 saturated heterocycles. The third-order valence-corrected chi connectivity index (χ3v) is 6.91. The molecule has 1 heterocycles. The highest BCUT2D eigenvalue weighted by atomic mass is 19.3. The molecule has 8 heteroatoms. The first kappa shape index (κ1) is 29.6. The molecule has 0 spiro atoms. The number of carbonyl (C=O) groups excluding carboxylic acids is 2. The molecule has 2 aliphatic rings. The van der Waals surface area contributed by atoms with Crippen molar-refractivity contribution in [2.45, 2.75) is 128 Å². The maximum absolute atomic E-state index is 14.4. The second-order valence-electron chi connectivity index (χ2n) is 9.84. The number of ketones is 2. The molecule has 0 aromatic rings. The van der Waals surface area contributed by atoms with Gasteiger partial charge in [0.1, 0.15) is 5.78 Å². The lowest BCUT2D eigenvalue weighted by Crippen LogP contribution is -2.29. The minimum absolute atomic E-state index is 0.00127. The highest BCUT2D eigenvalue weighted by molar-refractivity contribution is 5.90. The lowest BCUT2D eigenvalue weighted by atomic mass is 9.92. The minimum atomic E-state index is -3.37. The first-order chi connectivity index (χ1) is 16.7. The first-order valence-corrected chi connectivity index (χ1v) is 13.4. The molecular formula is C27H42F2O6. The zero-order valence-corrected chi connectivity index (χ0v) is 21.1. The molecule has 6 nitrogen and oxygen atoms in total. The number of ether oxygens (including phenoxy) is 2. The molecule has 3 atom stereocenters. The van der Waals surface area contributed by atoms with E-state index in [-0.39, 0.29) is 18.6 Å². The van der Waals surface area contributed by atoms with Gasteiger partial charge >= 0.3 is 11.9 Å². The monoisotopic (exact) mass is 500 g/mol. The van der Waals surface area contributed by atoms with Crippen molar-refractivity contribution in [2.75, 3.05) is 6.61 Å². The van der Waals surface area contributed by atoms with E-state index in [0.29, 0.717) is 37.9 Å². The van der Waals surface area contributed by atoms with Crippen molar-refractivity contribution in [1.29, 1.82) is 0 Å². The van der Waals surface area contributed by atoms with Gasteiger partial charge < -0.3 is 14.6 Å². The average Bonchev–Trinajstić information content (AvgIpc) is 3.11. The van der Waals surface area contributed by atoms with E-state index in [0.717, 1.165) is 51.4 Å². The van der Waals surface area contributed by atoms with E-state index in [1.165, 1.54) is 6.08 Å². The number of Topliss-reactive ketones (excluding diaryl/α,β-unsaturated/α-hetero) is 2. The lowest BCUT2D eigenvalue weighted by Gasteiger charge is -2.27. The first-order valence-electron chi connectivity index (χ1n) is 13.4. The van der Waals surface area contributed by atoms with Crippen LogP contribution in [0.3, 0.4) is 0 Å². The summed E-state index contributed by atoms with van der Waals surface area (Å²) in [7, 11) is 0. The Morgan fingerprint density at radius 3 is 2.54 bits per heavy atom. The number of hydrogen-bond acceptors (Lipinski definition) is 5. The molecule has 0 radical (unpaired) electrons. The summed E-state index contributed by atoms with van der Waals surface area (Å²) < 4.78 is 40.5. The SMILES string of the molecule is CCCCCCC(F)(F)C(=O)C/C=C1\C(CCCCCCC(=O)O)C(=O)C[C@H]1OC1CCCCO1. The number of halogens is 2. The summed E-state index contributed by atoms with van der Waals surface area (Å²) in [5, 5.41) is 8.75. The summed E-state index contributed by atoms with van der Waals surface area (Å²) in [6, 6.07) is 0. The van der Waals surface area contributed by atoms with Crippen molar-refractivity contribution in [1.82, 2.24) is 0 Å². The standard InChI is InChI=1S/C27H42F2O6/c1-2-3-4-10-17-27(28,29)24(31)16-15-21-20(12-7-5-6-8-13-25(32)33)22(30)19-23(21)35-26-14-9-11-18-34-26/h15,20,23,26H,2-14,16-19H2,1H3,(H,32,33)/b21-15+/t20?,23-,26?/m1/s1. The largest absolute Gasteiger partial charge is 0.481 e. The number of hydrogen-bond donors (Lipinski definition) is 1. The molecule has 0 aromatic heterocycles. The molecule has 0 aromatic carbocycles. The number of unbranched alkanes of at least 4 members (excludes halogenated alkanes) is 6. The Kier molecular flexibility index (Phi) is 13.0. The highest BCUT2D eigenvalue weighted by Crippen LogP contribution is 2.37. The van der Waals surface area contributed by atoms with Crippen molar-refractivity contribution in [3.8, 4) is 0 Å². The van der Waals surface area contributed by atoms with Crippen molar-refractivity contribution in [2.24, 2.45) is 5.92 Å². The molecule has 0 bridgehead atoms. The van der Waals surface area contributed by atoms with E-state index in [1.54, 1.807) is 0 Å². The van der Waals surface area contributed by atoms with Crippen LogP contribution in [0.5, 0.6) is 0 Å². The predicted molar refractivity (Wildman–Crippen MR) is 128 cm³/mol. The summed E-state index contributed by atoms with van der Waals surface area (Å²) >= 11 is 0. The Morgan fingerprint density at radius 2 is 1.86 bits per heavy atom. The van der Waals surface area contributed by atoms with Crippen LogP contribution in [0, 0.1) is 5.92 Å². The van der Waals surface area contributed by atoms with Crippen LogP contribution in [0.15, 0.2) is 11.6 Å². The van der Waals surface area contributed by atoms with E-state index < -0.39 is 48.8 Å². The molecule has 2 unspecified atom stereocenters. The predicted octanol–water partition coefficient (Wildman–Crippen LogP) is 6.40. The normalized spacial score (nSPS) is 24.3. The lowest BCUT2D eigenvalue weighted by molar-refractivity contribution is -0.179. The second kappa shape index (κ2) is 15.4. The van der Waals surface area contributed by atoms with E-state index in [4.69, 9.17) is 14.6 Å². The minimum Gasteiger partial charge on any atom is -0.481 e. The Labute approximate surface area is 207 Å². The van der Waals surface area contributed by atoms with Gasteiger partial charge in [0.05, 0.1) is 6.10 Å². The van der Waals surface area contributed by atoms with Crippen LogP contribution < -0.4 is 0 Å². The van der Waals surface area contributed by atoms with Gasteiger partial charge in [0.15, 0.2) is 6.29 Å². The van der Waals surface area contributed by atoms with E-state index in [2.05, 4.69) is 0 Å². The Morgan fingerprint density at radius 1 is 1.11 bits per heavy atom. The zero-order valence-electron chi connectivity index (χ0n) is 21.1. The molecule has 200 valence electrons. The highest BCUT2D eigenvalue weighted by Gasteiger charge is 2.41. The van der Waals surface area contributed by atoms with Crippen LogP contribution in [0.25, 0.3) is 0 Å². The second-order valence-corrected chi connectivity index (χ2v) is 9.84. The summed E-state index contributed by atoms with van der Waals surface area (Å²) in [4.78, 5) is 35.8. The van der Waals surface area contributed by atoms with Gasteiger partial charge in [-0.25, -0.2) is 0 Å². The van der Waals surface area contributed by atoms with Crippen LogP contribution in [0.1, 0.15) is 110 Å². The van der Waals surface area contributed by atoms with Gasteiger partial charge in [-0.05, 0) is 44.1 Å². The van der Waals surface area contributed by atoms with Gasteiger partial charge in [-0.1, -0.05) is 51.5 Å². The Hall–Kier alpha value is -1.67. The maximum Gasteiger partial charge on any atom is 0.305 e. The van der Waals surface area contributed by atoms with Crippen LogP contribution in [-0.4, -0.2) is 47.6 Å². The molecular weight excluding hydrogens is 458 g/mol. The van der Waals surface area contributed by atoms with E-state index >= 15 is 0 Å². The molecule has 1 aliphatic heterocycles. The quantitative estimate of drug-likeness (QED) is 0.183. The van der Waals surface area contributed by atoms with Crippen LogP contribution >= 0.6 is 0 Å². The van der Waals surface area contributed by atoms with Crippen molar-refractivity contribution >= 4 is 17.5 Å². The number of rotatable bonds is 17. The zero-order chi connectivity index (χ0) is 25.7. The molecule has 1 N–H and O–H groups in total. The number of carbonyl (C=O) groups is 3. The topological polar surface area (TPSA) is 89.9 Å². The van der Waals surface area contributed by atoms with Crippen LogP contribution in [0.2, 0.25) is 0 Å². The summed E-state index contributed by atoms with van der Waals surface area (Å²) in [6.07, 6.45) is 8.83. The van der Waals surface area contributed by atoms with Gasteiger partial charge in [0, 0.05) is 38.2 Å².